The molecule has 1 saturated heterocycles. The molecule has 19 heavy (non-hydrogen) atoms. The van der Waals surface area contributed by atoms with Crippen LogP contribution in [0.5, 0.6) is 0 Å². The number of rotatable bonds is 4. The Morgan fingerprint density at radius 1 is 1.47 bits per heavy atom. The molecule has 1 atom stereocenters. The minimum atomic E-state index is -3.76. The maximum absolute atomic E-state index is 13.7. The molecule has 0 aromatic heterocycles. The first-order chi connectivity index (χ1) is 8.95. The number of anilines is 1. The minimum absolute atomic E-state index is 0.254. The van der Waals surface area contributed by atoms with Crippen molar-refractivity contribution in [1.29, 1.82) is 0 Å². The van der Waals surface area contributed by atoms with Crippen LogP contribution in [0.1, 0.15) is 26.2 Å². The fraction of sp³-hybridized carbons (Fsp3) is 0.538. The largest absolute Gasteiger partial charge is 0.399 e. The number of nitrogen functional groups attached to an aromatic ring is 1. The summed E-state index contributed by atoms with van der Waals surface area (Å²) in [5.74, 6) is -0.364. The van der Waals surface area contributed by atoms with Gasteiger partial charge in [-0.15, -0.1) is 0 Å². The smallest absolute Gasteiger partial charge is 0.246 e. The Labute approximate surface area is 113 Å². The van der Waals surface area contributed by atoms with Crippen molar-refractivity contribution in [1.82, 2.24) is 4.31 Å². The quantitative estimate of drug-likeness (QED) is 0.863. The van der Waals surface area contributed by atoms with E-state index in [0.29, 0.717) is 19.0 Å². The summed E-state index contributed by atoms with van der Waals surface area (Å²) in [6.07, 6.45) is 2.88. The Morgan fingerprint density at radius 3 is 2.89 bits per heavy atom. The van der Waals surface area contributed by atoms with Gasteiger partial charge in [-0.1, -0.05) is 13.3 Å². The summed E-state index contributed by atoms with van der Waals surface area (Å²) in [6.45, 7) is 3.01. The van der Waals surface area contributed by atoms with Crippen molar-refractivity contribution in [2.24, 2.45) is 5.92 Å². The molecule has 0 spiro atoms. The second kappa shape index (κ2) is 5.46. The molecule has 1 aromatic rings. The van der Waals surface area contributed by atoms with E-state index in [1.54, 1.807) is 0 Å². The summed E-state index contributed by atoms with van der Waals surface area (Å²) in [5, 5.41) is 0. The molecule has 106 valence electrons. The standard InChI is InChI=1S/C13H19FN2O2S/c1-2-3-10-6-7-16(9-10)19(17,18)13-8-11(15)4-5-12(13)14/h4-5,8,10H,2-3,6-7,9,15H2,1H3. The molecule has 0 radical (unpaired) electrons. The summed E-state index contributed by atoms with van der Waals surface area (Å²) >= 11 is 0. The number of hydrogen-bond donors (Lipinski definition) is 1. The van der Waals surface area contributed by atoms with E-state index in [9.17, 15) is 12.8 Å². The Hall–Kier alpha value is -1.14. The van der Waals surface area contributed by atoms with Gasteiger partial charge < -0.3 is 5.73 Å². The molecular weight excluding hydrogens is 267 g/mol. The molecule has 1 heterocycles. The van der Waals surface area contributed by atoms with Crippen LogP contribution in [0.25, 0.3) is 0 Å². The van der Waals surface area contributed by atoms with Crippen molar-refractivity contribution < 1.29 is 12.8 Å². The normalized spacial score (nSPS) is 20.8. The highest BCUT2D eigenvalue weighted by molar-refractivity contribution is 7.89. The van der Waals surface area contributed by atoms with Gasteiger partial charge in [0.2, 0.25) is 10.0 Å². The van der Waals surface area contributed by atoms with Gasteiger partial charge in [0.15, 0.2) is 0 Å². The summed E-state index contributed by atoms with van der Waals surface area (Å²) in [5.41, 5.74) is 5.80. The summed E-state index contributed by atoms with van der Waals surface area (Å²) in [6, 6.07) is 3.65. The predicted molar refractivity (Wildman–Crippen MR) is 72.6 cm³/mol. The lowest BCUT2D eigenvalue weighted by atomic mass is 10.0. The third kappa shape index (κ3) is 2.90. The first-order valence-corrected chi connectivity index (χ1v) is 7.94. The molecule has 4 nitrogen and oxygen atoms in total. The van der Waals surface area contributed by atoms with Crippen LogP contribution in [0, 0.1) is 11.7 Å². The second-order valence-corrected chi connectivity index (χ2v) is 6.90. The molecule has 1 unspecified atom stereocenters. The van der Waals surface area contributed by atoms with Gasteiger partial charge in [-0.2, -0.15) is 4.31 Å². The van der Waals surface area contributed by atoms with E-state index in [2.05, 4.69) is 6.92 Å². The first-order valence-electron chi connectivity index (χ1n) is 6.50. The summed E-state index contributed by atoms with van der Waals surface area (Å²) in [7, 11) is -3.76. The zero-order chi connectivity index (χ0) is 14.0. The number of nitrogens with zero attached hydrogens (tertiary/aromatic N) is 1. The highest BCUT2D eigenvalue weighted by Crippen LogP contribution is 2.28. The van der Waals surface area contributed by atoms with E-state index >= 15 is 0 Å². The van der Waals surface area contributed by atoms with Crippen molar-refractivity contribution in [3.63, 3.8) is 0 Å². The molecule has 6 heteroatoms. The summed E-state index contributed by atoms with van der Waals surface area (Å²) in [4.78, 5) is -0.315. The van der Waals surface area contributed by atoms with E-state index in [-0.39, 0.29) is 10.6 Å². The van der Waals surface area contributed by atoms with Gasteiger partial charge in [-0.25, -0.2) is 12.8 Å². The van der Waals surface area contributed by atoms with Gasteiger partial charge in [0, 0.05) is 18.8 Å². The topological polar surface area (TPSA) is 63.4 Å². The Balaban J connectivity index is 2.26. The van der Waals surface area contributed by atoms with Gasteiger partial charge in [0.1, 0.15) is 10.7 Å². The van der Waals surface area contributed by atoms with Crippen molar-refractivity contribution in [3.8, 4) is 0 Å². The molecule has 1 fully saturated rings. The monoisotopic (exact) mass is 286 g/mol. The second-order valence-electron chi connectivity index (χ2n) is 5.00. The number of hydrogen-bond acceptors (Lipinski definition) is 3. The van der Waals surface area contributed by atoms with Crippen molar-refractivity contribution in [3.05, 3.63) is 24.0 Å². The van der Waals surface area contributed by atoms with Crippen LogP contribution in [0.2, 0.25) is 0 Å². The van der Waals surface area contributed by atoms with E-state index in [1.807, 2.05) is 0 Å². The molecule has 1 aliphatic rings. The zero-order valence-corrected chi connectivity index (χ0v) is 11.8. The first kappa shape index (κ1) is 14.3. The van der Waals surface area contributed by atoms with E-state index < -0.39 is 15.8 Å². The average molecular weight is 286 g/mol. The number of halogens is 1. The number of benzene rings is 1. The van der Waals surface area contributed by atoms with Gasteiger partial charge in [0.05, 0.1) is 0 Å². The predicted octanol–water partition coefficient (Wildman–Crippen LogP) is 2.22. The fourth-order valence-corrected chi connectivity index (χ4v) is 4.15. The van der Waals surface area contributed by atoms with E-state index in [4.69, 9.17) is 5.73 Å². The van der Waals surface area contributed by atoms with E-state index in [1.165, 1.54) is 16.4 Å². The molecule has 1 aromatic carbocycles. The van der Waals surface area contributed by atoms with Crippen LogP contribution >= 0.6 is 0 Å². The maximum atomic E-state index is 13.7. The zero-order valence-electron chi connectivity index (χ0n) is 11.0. The molecule has 0 saturated carbocycles. The Bertz CT molecular complexity index is 560. The van der Waals surface area contributed by atoms with Crippen LogP contribution in [0.15, 0.2) is 23.1 Å². The van der Waals surface area contributed by atoms with Gasteiger partial charge >= 0.3 is 0 Å². The lowest BCUT2D eigenvalue weighted by Gasteiger charge is -2.17. The molecule has 0 aliphatic carbocycles. The molecule has 0 amide bonds. The molecular formula is C13H19FN2O2S. The van der Waals surface area contributed by atoms with Crippen LogP contribution in [-0.2, 0) is 10.0 Å². The summed E-state index contributed by atoms with van der Waals surface area (Å²) < 4.78 is 39.8. The van der Waals surface area contributed by atoms with Crippen LogP contribution in [0.3, 0.4) is 0 Å². The molecule has 0 bridgehead atoms. The third-order valence-electron chi connectivity index (χ3n) is 3.52. The lowest BCUT2D eigenvalue weighted by molar-refractivity contribution is 0.440. The van der Waals surface area contributed by atoms with Gasteiger partial charge in [-0.05, 0) is 37.0 Å². The minimum Gasteiger partial charge on any atom is -0.399 e. The molecule has 2 rings (SSSR count). The SMILES string of the molecule is CCCC1CCN(S(=O)(=O)c2cc(N)ccc2F)C1. The third-order valence-corrected chi connectivity index (χ3v) is 5.40. The average Bonchev–Trinajstić information content (AvgIpc) is 2.82. The number of nitrogens with two attached hydrogens (primary N) is 1. The lowest BCUT2D eigenvalue weighted by Crippen LogP contribution is -2.29. The highest BCUT2D eigenvalue weighted by Gasteiger charge is 2.33. The fourth-order valence-electron chi connectivity index (χ4n) is 2.52. The maximum Gasteiger partial charge on any atom is 0.246 e. The van der Waals surface area contributed by atoms with Crippen molar-refractivity contribution in [2.45, 2.75) is 31.1 Å². The van der Waals surface area contributed by atoms with Gasteiger partial charge in [-0.3, -0.25) is 0 Å². The van der Waals surface area contributed by atoms with Crippen molar-refractivity contribution >= 4 is 15.7 Å². The van der Waals surface area contributed by atoms with Crippen LogP contribution < -0.4 is 5.73 Å². The van der Waals surface area contributed by atoms with Crippen LogP contribution in [0.4, 0.5) is 10.1 Å². The Kier molecular flexibility index (Phi) is 4.10. The highest BCUT2D eigenvalue weighted by atomic mass is 32.2. The molecule has 1 aliphatic heterocycles. The van der Waals surface area contributed by atoms with Crippen LogP contribution in [-0.4, -0.2) is 25.8 Å². The van der Waals surface area contributed by atoms with Gasteiger partial charge in [0.25, 0.3) is 0 Å². The number of sulfonamides is 1. The molecule has 2 N–H and O–H groups in total. The Morgan fingerprint density at radius 2 is 2.21 bits per heavy atom. The van der Waals surface area contributed by atoms with E-state index in [0.717, 1.165) is 25.3 Å². The van der Waals surface area contributed by atoms with Crippen molar-refractivity contribution in [2.75, 3.05) is 18.8 Å².